The first-order chi connectivity index (χ1) is 8.31. The molecule has 0 rings (SSSR count). The summed E-state index contributed by atoms with van der Waals surface area (Å²) in [6.07, 6.45) is 12.1. The van der Waals surface area contributed by atoms with Gasteiger partial charge < -0.3 is 11.1 Å². The number of nitrogens with two attached hydrogens (primary N) is 1. The van der Waals surface area contributed by atoms with Crippen LogP contribution < -0.4 is 11.1 Å². The molecular weight excluding hydrogens is 208 g/mol. The van der Waals surface area contributed by atoms with E-state index in [-0.39, 0.29) is 0 Å². The molecule has 0 aliphatic carbocycles. The van der Waals surface area contributed by atoms with E-state index >= 15 is 0 Å². The fourth-order valence-corrected chi connectivity index (χ4v) is 1.96. The Bertz CT molecular complexity index is 137. The van der Waals surface area contributed by atoms with Crippen molar-refractivity contribution < 1.29 is 0 Å². The van der Waals surface area contributed by atoms with E-state index in [0.717, 1.165) is 12.5 Å². The van der Waals surface area contributed by atoms with Gasteiger partial charge in [0.15, 0.2) is 0 Å². The fraction of sp³-hybridized carbons (Fsp3) is 1.00. The van der Waals surface area contributed by atoms with Gasteiger partial charge in [-0.05, 0) is 44.8 Å². The third kappa shape index (κ3) is 13.9. The number of hydrogen-bond donors (Lipinski definition) is 2. The Kier molecular flexibility index (Phi) is 13.9. The van der Waals surface area contributed by atoms with E-state index in [2.05, 4.69) is 19.2 Å². The Balaban J connectivity index is 2.94. The van der Waals surface area contributed by atoms with Gasteiger partial charge in [-0.2, -0.15) is 0 Å². The maximum absolute atomic E-state index is 5.46. The smallest absolute Gasteiger partial charge is 0.00464 e. The lowest BCUT2D eigenvalue weighted by Crippen LogP contribution is -2.18. The summed E-state index contributed by atoms with van der Waals surface area (Å²) in [6, 6.07) is 0. The minimum absolute atomic E-state index is 0.861. The molecule has 1 atom stereocenters. The van der Waals surface area contributed by atoms with Crippen LogP contribution in [0.5, 0.6) is 0 Å². The molecule has 3 N–H and O–H groups in total. The van der Waals surface area contributed by atoms with Crippen molar-refractivity contribution in [3.63, 3.8) is 0 Å². The van der Waals surface area contributed by atoms with E-state index in [1.807, 2.05) is 0 Å². The lowest BCUT2D eigenvalue weighted by molar-refractivity contribution is 0.480. The standard InChI is InChI=1S/C15H34N2/c1-3-15(2)11-14-17-13-10-8-6-4-5-7-9-12-16/h15,17H,3-14,16H2,1-2H3. The van der Waals surface area contributed by atoms with Crippen molar-refractivity contribution in [3.05, 3.63) is 0 Å². The first kappa shape index (κ1) is 16.9. The Morgan fingerprint density at radius 3 is 2.06 bits per heavy atom. The second kappa shape index (κ2) is 14.0. The van der Waals surface area contributed by atoms with Crippen LogP contribution in [0.2, 0.25) is 0 Å². The molecule has 17 heavy (non-hydrogen) atoms. The summed E-state index contributed by atoms with van der Waals surface area (Å²) < 4.78 is 0. The van der Waals surface area contributed by atoms with Crippen LogP contribution in [-0.4, -0.2) is 19.6 Å². The zero-order chi connectivity index (χ0) is 12.8. The molecule has 104 valence electrons. The Hall–Kier alpha value is -0.0800. The van der Waals surface area contributed by atoms with Gasteiger partial charge in [0.25, 0.3) is 0 Å². The van der Waals surface area contributed by atoms with Gasteiger partial charge in [-0.1, -0.05) is 52.4 Å². The summed E-state index contributed by atoms with van der Waals surface area (Å²) in [7, 11) is 0. The maximum Gasteiger partial charge on any atom is -0.00464 e. The first-order valence-electron chi connectivity index (χ1n) is 7.72. The lowest BCUT2D eigenvalue weighted by atomic mass is 10.1. The third-order valence-electron chi connectivity index (χ3n) is 3.57. The summed E-state index contributed by atoms with van der Waals surface area (Å²) in [5.74, 6) is 0.880. The minimum Gasteiger partial charge on any atom is -0.330 e. The van der Waals surface area contributed by atoms with Crippen LogP contribution >= 0.6 is 0 Å². The molecule has 0 fully saturated rings. The van der Waals surface area contributed by atoms with Crippen molar-refractivity contribution in [2.24, 2.45) is 11.7 Å². The molecule has 0 spiro atoms. The zero-order valence-electron chi connectivity index (χ0n) is 12.1. The molecule has 0 heterocycles. The fourth-order valence-electron chi connectivity index (χ4n) is 1.96. The van der Waals surface area contributed by atoms with E-state index in [9.17, 15) is 0 Å². The van der Waals surface area contributed by atoms with E-state index in [0.29, 0.717) is 0 Å². The molecule has 0 bridgehead atoms. The Morgan fingerprint density at radius 1 is 0.882 bits per heavy atom. The average Bonchev–Trinajstić information content (AvgIpc) is 2.35. The van der Waals surface area contributed by atoms with E-state index in [1.54, 1.807) is 0 Å². The number of nitrogens with one attached hydrogen (secondary N) is 1. The highest BCUT2D eigenvalue weighted by molar-refractivity contribution is 4.54. The molecule has 0 radical (unpaired) electrons. The summed E-state index contributed by atoms with van der Waals surface area (Å²) >= 11 is 0. The van der Waals surface area contributed by atoms with Gasteiger partial charge in [-0.25, -0.2) is 0 Å². The van der Waals surface area contributed by atoms with Gasteiger partial charge in [0.1, 0.15) is 0 Å². The predicted molar refractivity (Wildman–Crippen MR) is 78.3 cm³/mol. The molecule has 1 unspecified atom stereocenters. The Morgan fingerprint density at radius 2 is 1.47 bits per heavy atom. The molecule has 2 heteroatoms. The zero-order valence-corrected chi connectivity index (χ0v) is 12.1. The van der Waals surface area contributed by atoms with Crippen LogP contribution in [0.4, 0.5) is 0 Å². The van der Waals surface area contributed by atoms with Gasteiger partial charge in [-0.15, -0.1) is 0 Å². The van der Waals surface area contributed by atoms with Crippen molar-refractivity contribution >= 4 is 0 Å². The molecule has 0 aromatic rings. The van der Waals surface area contributed by atoms with Gasteiger partial charge in [-0.3, -0.25) is 0 Å². The second-order valence-electron chi connectivity index (χ2n) is 5.32. The maximum atomic E-state index is 5.46. The van der Waals surface area contributed by atoms with Gasteiger partial charge in [0.2, 0.25) is 0 Å². The SMILES string of the molecule is CCC(C)CCNCCCCCCCCCN. The Labute approximate surface area is 109 Å². The van der Waals surface area contributed by atoms with Crippen molar-refractivity contribution in [2.45, 2.75) is 71.6 Å². The molecule has 0 aliphatic heterocycles. The molecular formula is C15H34N2. The third-order valence-corrected chi connectivity index (χ3v) is 3.57. The van der Waals surface area contributed by atoms with Gasteiger partial charge >= 0.3 is 0 Å². The van der Waals surface area contributed by atoms with Crippen LogP contribution in [-0.2, 0) is 0 Å². The van der Waals surface area contributed by atoms with E-state index < -0.39 is 0 Å². The summed E-state index contributed by atoms with van der Waals surface area (Å²) in [4.78, 5) is 0. The van der Waals surface area contributed by atoms with E-state index in [4.69, 9.17) is 5.73 Å². The van der Waals surface area contributed by atoms with Crippen molar-refractivity contribution in [1.82, 2.24) is 5.32 Å². The van der Waals surface area contributed by atoms with Crippen LogP contribution in [0.15, 0.2) is 0 Å². The van der Waals surface area contributed by atoms with Crippen LogP contribution in [0, 0.1) is 5.92 Å². The van der Waals surface area contributed by atoms with Gasteiger partial charge in [0, 0.05) is 0 Å². The largest absolute Gasteiger partial charge is 0.330 e. The summed E-state index contributed by atoms with van der Waals surface area (Å²) in [5, 5.41) is 3.55. The van der Waals surface area contributed by atoms with Crippen LogP contribution in [0.3, 0.4) is 0 Å². The molecule has 0 aromatic heterocycles. The highest BCUT2D eigenvalue weighted by Crippen LogP contribution is 2.07. The molecule has 0 saturated carbocycles. The molecule has 0 saturated heterocycles. The molecule has 0 amide bonds. The number of hydrogen-bond acceptors (Lipinski definition) is 2. The molecule has 2 nitrogen and oxygen atoms in total. The quantitative estimate of drug-likeness (QED) is 0.483. The summed E-state index contributed by atoms with van der Waals surface area (Å²) in [5.41, 5.74) is 5.46. The average molecular weight is 242 g/mol. The first-order valence-corrected chi connectivity index (χ1v) is 7.72. The topological polar surface area (TPSA) is 38.0 Å². The van der Waals surface area contributed by atoms with Crippen molar-refractivity contribution in [1.29, 1.82) is 0 Å². The van der Waals surface area contributed by atoms with Crippen LogP contribution in [0.1, 0.15) is 71.6 Å². The van der Waals surface area contributed by atoms with Crippen LogP contribution in [0.25, 0.3) is 0 Å². The highest BCUT2D eigenvalue weighted by atomic mass is 14.8. The summed E-state index contributed by atoms with van der Waals surface area (Å²) in [6.45, 7) is 7.88. The highest BCUT2D eigenvalue weighted by Gasteiger charge is 1.97. The van der Waals surface area contributed by atoms with Crippen molar-refractivity contribution in [3.8, 4) is 0 Å². The lowest BCUT2D eigenvalue weighted by Gasteiger charge is -2.09. The number of rotatable bonds is 13. The molecule has 0 aromatic carbocycles. The van der Waals surface area contributed by atoms with E-state index in [1.165, 1.54) is 70.9 Å². The normalized spacial score (nSPS) is 12.9. The predicted octanol–water partition coefficient (Wildman–Crippen LogP) is 3.70. The molecule has 0 aliphatic rings. The minimum atomic E-state index is 0.861. The second-order valence-corrected chi connectivity index (χ2v) is 5.32. The number of unbranched alkanes of at least 4 members (excludes halogenated alkanes) is 6. The van der Waals surface area contributed by atoms with Crippen molar-refractivity contribution in [2.75, 3.05) is 19.6 Å². The monoisotopic (exact) mass is 242 g/mol. The van der Waals surface area contributed by atoms with Gasteiger partial charge in [0.05, 0.1) is 0 Å².